The summed E-state index contributed by atoms with van der Waals surface area (Å²) in [7, 11) is 0. The largest absolute Gasteiger partial charge is 0.353 e. The molecule has 2 saturated carbocycles. The van der Waals surface area contributed by atoms with Gasteiger partial charge in [0, 0.05) is 12.0 Å². The summed E-state index contributed by atoms with van der Waals surface area (Å²) >= 11 is 0. The third kappa shape index (κ3) is 4.29. The van der Waals surface area contributed by atoms with E-state index in [1.807, 2.05) is 0 Å². The first-order valence-electron chi connectivity index (χ1n) is 8.06. The zero-order valence-corrected chi connectivity index (χ0v) is 11.9. The number of amides is 1. The second kappa shape index (κ2) is 7.16. The fraction of sp³-hybridized carbons (Fsp3) is 0.938. The second-order valence-electron chi connectivity index (χ2n) is 6.51. The summed E-state index contributed by atoms with van der Waals surface area (Å²) in [6, 6.07) is 0.471. The fourth-order valence-electron chi connectivity index (χ4n) is 3.44. The van der Waals surface area contributed by atoms with Crippen LogP contribution in [-0.4, -0.2) is 11.9 Å². The highest BCUT2D eigenvalue weighted by Gasteiger charge is 2.24. The Morgan fingerprint density at radius 1 is 0.833 bits per heavy atom. The van der Waals surface area contributed by atoms with Gasteiger partial charge < -0.3 is 5.32 Å². The van der Waals surface area contributed by atoms with Gasteiger partial charge in [-0.25, -0.2) is 0 Å². The quantitative estimate of drug-likeness (QED) is 0.788. The maximum absolute atomic E-state index is 12.3. The Hall–Kier alpha value is -0.530. The topological polar surface area (TPSA) is 29.1 Å². The molecule has 0 saturated heterocycles. The van der Waals surface area contributed by atoms with E-state index < -0.39 is 0 Å². The van der Waals surface area contributed by atoms with Crippen molar-refractivity contribution in [1.29, 1.82) is 0 Å². The number of carbonyl (C=O) groups is 1. The zero-order chi connectivity index (χ0) is 12.8. The minimum Gasteiger partial charge on any atom is -0.353 e. The van der Waals surface area contributed by atoms with Crippen LogP contribution in [0.25, 0.3) is 0 Å². The lowest BCUT2D eigenvalue weighted by molar-refractivity contribution is -0.126. The molecule has 18 heavy (non-hydrogen) atoms. The third-order valence-corrected chi connectivity index (χ3v) is 4.84. The Balaban J connectivity index is 1.75. The van der Waals surface area contributed by atoms with Gasteiger partial charge in [-0.3, -0.25) is 4.79 Å². The number of carbonyl (C=O) groups excluding carboxylic acids is 1. The van der Waals surface area contributed by atoms with Crippen LogP contribution >= 0.6 is 0 Å². The smallest absolute Gasteiger partial charge is 0.223 e. The van der Waals surface area contributed by atoms with Gasteiger partial charge in [-0.05, 0) is 44.4 Å². The van der Waals surface area contributed by atoms with E-state index in [1.54, 1.807) is 0 Å². The Morgan fingerprint density at radius 3 is 2.00 bits per heavy atom. The zero-order valence-electron chi connectivity index (χ0n) is 11.9. The summed E-state index contributed by atoms with van der Waals surface area (Å²) in [6.45, 7) is 2.33. The minimum atomic E-state index is 0.310. The standard InChI is InChI=1S/C16H29NO/c1-13-9-11-15(12-10-13)17-16(18)14-7-5-3-2-4-6-8-14/h13-15H,2-12H2,1H3,(H,17,18). The molecule has 2 nitrogen and oxygen atoms in total. The lowest BCUT2D eigenvalue weighted by atomic mass is 9.86. The molecule has 0 aliphatic heterocycles. The molecule has 2 heteroatoms. The molecule has 104 valence electrons. The molecule has 0 bridgehead atoms. The van der Waals surface area contributed by atoms with Crippen molar-refractivity contribution in [3.8, 4) is 0 Å². The lowest BCUT2D eigenvalue weighted by Gasteiger charge is -2.29. The van der Waals surface area contributed by atoms with E-state index in [4.69, 9.17) is 0 Å². The molecule has 0 atom stereocenters. The lowest BCUT2D eigenvalue weighted by Crippen LogP contribution is -2.40. The van der Waals surface area contributed by atoms with Gasteiger partial charge in [-0.2, -0.15) is 0 Å². The van der Waals surface area contributed by atoms with Gasteiger partial charge in [0.1, 0.15) is 0 Å². The van der Waals surface area contributed by atoms with E-state index >= 15 is 0 Å². The molecule has 2 rings (SSSR count). The van der Waals surface area contributed by atoms with Crippen LogP contribution in [0.5, 0.6) is 0 Å². The van der Waals surface area contributed by atoms with Crippen LogP contribution in [0.2, 0.25) is 0 Å². The van der Waals surface area contributed by atoms with Crippen LogP contribution in [0.1, 0.15) is 77.6 Å². The molecule has 0 aromatic heterocycles. The first kappa shape index (κ1) is 13.9. The van der Waals surface area contributed by atoms with E-state index in [2.05, 4.69) is 12.2 Å². The van der Waals surface area contributed by atoms with Crippen molar-refractivity contribution in [3.63, 3.8) is 0 Å². The minimum absolute atomic E-state index is 0.310. The monoisotopic (exact) mass is 251 g/mol. The van der Waals surface area contributed by atoms with Crippen LogP contribution in [0.3, 0.4) is 0 Å². The fourth-order valence-corrected chi connectivity index (χ4v) is 3.44. The van der Waals surface area contributed by atoms with Crippen LogP contribution < -0.4 is 5.32 Å². The molecule has 2 fully saturated rings. The molecule has 0 aromatic rings. The van der Waals surface area contributed by atoms with E-state index in [0.717, 1.165) is 18.8 Å². The summed E-state index contributed by atoms with van der Waals surface area (Å²) < 4.78 is 0. The predicted octanol–water partition coefficient (Wildman–Crippen LogP) is 4.04. The van der Waals surface area contributed by atoms with E-state index in [0.29, 0.717) is 17.9 Å². The van der Waals surface area contributed by atoms with Crippen molar-refractivity contribution in [1.82, 2.24) is 5.32 Å². The summed E-state index contributed by atoms with van der Waals surface area (Å²) in [4.78, 5) is 12.3. The molecular formula is C16H29NO. The Bertz CT molecular complexity index is 248. The van der Waals surface area contributed by atoms with Crippen molar-refractivity contribution in [3.05, 3.63) is 0 Å². The van der Waals surface area contributed by atoms with Crippen LogP contribution in [0.4, 0.5) is 0 Å². The van der Waals surface area contributed by atoms with Crippen molar-refractivity contribution >= 4 is 5.91 Å². The van der Waals surface area contributed by atoms with Crippen LogP contribution in [0.15, 0.2) is 0 Å². The molecule has 0 aromatic carbocycles. The average molecular weight is 251 g/mol. The number of rotatable bonds is 2. The maximum atomic E-state index is 12.3. The Kier molecular flexibility index (Phi) is 5.52. The van der Waals surface area contributed by atoms with Crippen molar-refractivity contribution in [2.75, 3.05) is 0 Å². The van der Waals surface area contributed by atoms with Gasteiger partial charge in [0.15, 0.2) is 0 Å². The number of hydrogen-bond acceptors (Lipinski definition) is 1. The van der Waals surface area contributed by atoms with E-state index in [9.17, 15) is 4.79 Å². The van der Waals surface area contributed by atoms with Gasteiger partial charge in [0.05, 0.1) is 0 Å². The molecule has 0 heterocycles. The van der Waals surface area contributed by atoms with Crippen molar-refractivity contribution in [2.24, 2.45) is 11.8 Å². The number of nitrogens with one attached hydrogen (secondary N) is 1. The molecule has 1 amide bonds. The molecular weight excluding hydrogens is 222 g/mol. The normalized spacial score (nSPS) is 31.4. The molecule has 0 radical (unpaired) electrons. The molecule has 0 unspecified atom stereocenters. The first-order valence-corrected chi connectivity index (χ1v) is 8.06. The summed E-state index contributed by atoms with van der Waals surface area (Å²) in [6.07, 6.45) is 13.7. The highest BCUT2D eigenvalue weighted by Crippen LogP contribution is 2.26. The SMILES string of the molecule is CC1CCC(NC(=O)C2CCCCCCC2)CC1. The van der Waals surface area contributed by atoms with Crippen molar-refractivity contribution in [2.45, 2.75) is 83.6 Å². The van der Waals surface area contributed by atoms with Gasteiger partial charge in [-0.15, -0.1) is 0 Å². The van der Waals surface area contributed by atoms with Gasteiger partial charge in [0.2, 0.25) is 5.91 Å². The maximum Gasteiger partial charge on any atom is 0.223 e. The summed E-state index contributed by atoms with van der Waals surface area (Å²) in [5.41, 5.74) is 0. The second-order valence-corrected chi connectivity index (χ2v) is 6.51. The summed E-state index contributed by atoms with van der Waals surface area (Å²) in [5.74, 6) is 1.53. The van der Waals surface area contributed by atoms with Gasteiger partial charge >= 0.3 is 0 Å². The molecule has 2 aliphatic rings. The van der Waals surface area contributed by atoms with Gasteiger partial charge in [-0.1, -0.05) is 39.0 Å². The van der Waals surface area contributed by atoms with E-state index in [-0.39, 0.29) is 0 Å². The molecule has 2 aliphatic carbocycles. The van der Waals surface area contributed by atoms with Crippen LogP contribution in [-0.2, 0) is 4.79 Å². The highest BCUT2D eigenvalue weighted by atomic mass is 16.1. The van der Waals surface area contributed by atoms with Crippen LogP contribution in [0, 0.1) is 11.8 Å². The Morgan fingerprint density at radius 2 is 1.39 bits per heavy atom. The number of hydrogen-bond donors (Lipinski definition) is 1. The highest BCUT2D eigenvalue weighted by molar-refractivity contribution is 5.78. The molecule has 1 N–H and O–H groups in total. The third-order valence-electron chi connectivity index (χ3n) is 4.84. The average Bonchev–Trinajstić information content (AvgIpc) is 2.31. The van der Waals surface area contributed by atoms with Crippen molar-refractivity contribution < 1.29 is 4.79 Å². The predicted molar refractivity (Wildman–Crippen MR) is 75.4 cm³/mol. The summed E-state index contributed by atoms with van der Waals surface area (Å²) in [5, 5.41) is 3.32. The first-order chi connectivity index (χ1) is 8.75. The van der Waals surface area contributed by atoms with E-state index in [1.165, 1.54) is 57.8 Å². The van der Waals surface area contributed by atoms with Gasteiger partial charge in [0.25, 0.3) is 0 Å². The Labute approximate surface area is 112 Å². The molecule has 0 spiro atoms.